The van der Waals surface area contributed by atoms with Gasteiger partial charge in [0.2, 0.25) is 10.0 Å². The van der Waals surface area contributed by atoms with Crippen molar-refractivity contribution in [2.45, 2.75) is 4.90 Å². The number of anilines is 1. The molecule has 0 saturated heterocycles. The van der Waals surface area contributed by atoms with E-state index in [0.717, 1.165) is 0 Å². The van der Waals surface area contributed by atoms with Gasteiger partial charge >= 0.3 is 0 Å². The Bertz CT molecular complexity index is 917. The Labute approximate surface area is 139 Å². The first-order chi connectivity index (χ1) is 11.4. The number of carbonyl (C=O) groups excluding carboxylic acids is 1. The van der Waals surface area contributed by atoms with Crippen molar-refractivity contribution < 1.29 is 17.9 Å². The molecule has 8 heteroatoms. The number of hydrogen-bond donors (Lipinski definition) is 2. The molecule has 124 valence electrons. The lowest BCUT2D eigenvalue weighted by atomic mass is 10.2. The van der Waals surface area contributed by atoms with Gasteiger partial charge in [-0.25, -0.2) is 13.1 Å². The Hall–Kier alpha value is -2.89. The second kappa shape index (κ2) is 7.12. The first kappa shape index (κ1) is 17.5. The topological polar surface area (TPSA) is 108 Å². The van der Waals surface area contributed by atoms with Gasteiger partial charge < -0.3 is 10.1 Å². The molecule has 7 nitrogen and oxygen atoms in total. The van der Waals surface area contributed by atoms with Crippen molar-refractivity contribution in [3.05, 3.63) is 53.6 Å². The summed E-state index contributed by atoms with van der Waals surface area (Å²) in [6.07, 6.45) is 0. The first-order valence-corrected chi connectivity index (χ1v) is 8.32. The van der Waals surface area contributed by atoms with E-state index in [0.29, 0.717) is 11.3 Å². The molecule has 0 heterocycles. The van der Waals surface area contributed by atoms with Gasteiger partial charge in [0.05, 0.1) is 18.7 Å². The largest absolute Gasteiger partial charge is 0.495 e. The van der Waals surface area contributed by atoms with Gasteiger partial charge in [-0.3, -0.25) is 4.79 Å². The Balaban J connectivity index is 2.36. The SMILES string of the molecule is CNS(=O)(=O)c1cc(C(=O)Nc2cccc(C#N)c2)ccc1OC. The van der Waals surface area contributed by atoms with Gasteiger partial charge in [-0.1, -0.05) is 6.07 Å². The summed E-state index contributed by atoms with van der Waals surface area (Å²) in [7, 11) is -1.16. The van der Waals surface area contributed by atoms with Crippen LogP contribution in [0.2, 0.25) is 0 Å². The van der Waals surface area contributed by atoms with E-state index >= 15 is 0 Å². The van der Waals surface area contributed by atoms with Crippen LogP contribution < -0.4 is 14.8 Å². The highest BCUT2D eigenvalue weighted by Gasteiger charge is 2.20. The van der Waals surface area contributed by atoms with Gasteiger partial charge in [0.15, 0.2) is 0 Å². The molecule has 2 rings (SSSR count). The molecule has 24 heavy (non-hydrogen) atoms. The number of nitrogens with one attached hydrogen (secondary N) is 2. The van der Waals surface area contributed by atoms with Crippen LogP contribution in [0, 0.1) is 11.3 Å². The number of sulfonamides is 1. The van der Waals surface area contributed by atoms with E-state index in [2.05, 4.69) is 10.0 Å². The van der Waals surface area contributed by atoms with Crippen molar-refractivity contribution in [3.8, 4) is 11.8 Å². The van der Waals surface area contributed by atoms with E-state index in [4.69, 9.17) is 10.00 Å². The Kier molecular flexibility index (Phi) is 5.18. The van der Waals surface area contributed by atoms with E-state index in [9.17, 15) is 13.2 Å². The second-order valence-electron chi connectivity index (χ2n) is 4.72. The summed E-state index contributed by atoms with van der Waals surface area (Å²) in [6, 6.07) is 12.5. The Morgan fingerprint density at radius 1 is 1.21 bits per heavy atom. The van der Waals surface area contributed by atoms with Crippen LogP contribution in [-0.4, -0.2) is 28.5 Å². The molecule has 2 aromatic rings. The van der Waals surface area contributed by atoms with Crippen molar-refractivity contribution in [1.82, 2.24) is 4.72 Å². The highest BCUT2D eigenvalue weighted by atomic mass is 32.2. The third kappa shape index (κ3) is 3.71. The monoisotopic (exact) mass is 345 g/mol. The lowest BCUT2D eigenvalue weighted by molar-refractivity contribution is 0.102. The quantitative estimate of drug-likeness (QED) is 0.858. The van der Waals surface area contributed by atoms with Crippen molar-refractivity contribution >= 4 is 21.6 Å². The third-order valence-electron chi connectivity index (χ3n) is 3.23. The average molecular weight is 345 g/mol. The molecule has 0 fully saturated rings. The van der Waals surface area contributed by atoms with Crippen molar-refractivity contribution in [2.75, 3.05) is 19.5 Å². The molecule has 0 unspecified atom stereocenters. The summed E-state index contributed by atoms with van der Waals surface area (Å²) in [6.45, 7) is 0. The summed E-state index contributed by atoms with van der Waals surface area (Å²) in [5.74, 6) is -0.368. The van der Waals surface area contributed by atoms with E-state index < -0.39 is 15.9 Å². The van der Waals surface area contributed by atoms with Crippen LogP contribution in [0.5, 0.6) is 5.75 Å². The van der Waals surface area contributed by atoms with Crippen LogP contribution in [0.15, 0.2) is 47.4 Å². The summed E-state index contributed by atoms with van der Waals surface area (Å²) < 4.78 is 31.3. The normalized spacial score (nSPS) is 10.7. The molecule has 0 atom stereocenters. The van der Waals surface area contributed by atoms with Gasteiger partial charge in [-0.15, -0.1) is 0 Å². The fourth-order valence-electron chi connectivity index (χ4n) is 2.01. The summed E-state index contributed by atoms with van der Waals surface area (Å²) >= 11 is 0. The number of methoxy groups -OCH3 is 1. The number of rotatable bonds is 5. The molecular formula is C16H15N3O4S. The lowest BCUT2D eigenvalue weighted by Gasteiger charge is -2.11. The molecule has 0 bridgehead atoms. The predicted molar refractivity (Wildman–Crippen MR) is 88.3 cm³/mol. The maximum Gasteiger partial charge on any atom is 0.255 e. The maximum atomic E-state index is 12.3. The minimum Gasteiger partial charge on any atom is -0.495 e. The fourth-order valence-corrected chi connectivity index (χ4v) is 2.93. The number of nitrogens with zero attached hydrogens (tertiary/aromatic N) is 1. The van der Waals surface area contributed by atoms with E-state index in [-0.39, 0.29) is 16.2 Å². The molecule has 0 aliphatic heterocycles. The van der Waals surface area contributed by atoms with Crippen molar-refractivity contribution in [3.63, 3.8) is 0 Å². The Morgan fingerprint density at radius 3 is 2.58 bits per heavy atom. The zero-order valence-corrected chi connectivity index (χ0v) is 13.8. The third-order valence-corrected chi connectivity index (χ3v) is 4.67. The zero-order valence-electron chi connectivity index (χ0n) is 13.0. The molecule has 0 radical (unpaired) electrons. The van der Waals surface area contributed by atoms with Crippen molar-refractivity contribution in [1.29, 1.82) is 5.26 Å². The number of ether oxygens (including phenoxy) is 1. The number of hydrogen-bond acceptors (Lipinski definition) is 5. The number of benzene rings is 2. The van der Waals surface area contributed by atoms with Crippen LogP contribution >= 0.6 is 0 Å². The van der Waals surface area contributed by atoms with Gasteiger partial charge in [0.1, 0.15) is 10.6 Å². The van der Waals surface area contributed by atoms with Gasteiger partial charge in [-0.05, 0) is 43.4 Å². The number of nitriles is 1. The van der Waals surface area contributed by atoms with Gasteiger partial charge in [-0.2, -0.15) is 5.26 Å². The molecule has 1 amide bonds. The average Bonchev–Trinajstić information content (AvgIpc) is 2.61. The number of carbonyl (C=O) groups is 1. The molecule has 0 aliphatic rings. The minimum absolute atomic E-state index is 0.132. The van der Waals surface area contributed by atoms with Crippen LogP contribution in [0.4, 0.5) is 5.69 Å². The summed E-state index contributed by atoms with van der Waals surface area (Å²) in [5, 5.41) is 11.5. The summed E-state index contributed by atoms with van der Waals surface area (Å²) in [4.78, 5) is 12.2. The van der Waals surface area contributed by atoms with E-state index in [1.165, 1.54) is 38.4 Å². The van der Waals surface area contributed by atoms with Crippen LogP contribution in [0.1, 0.15) is 15.9 Å². The second-order valence-corrected chi connectivity index (χ2v) is 6.57. The van der Waals surface area contributed by atoms with Gasteiger partial charge in [0.25, 0.3) is 5.91 Å². The molecule has 0 aliphatic carbocycles. The molecular weight excluding hydrogens is 330 g/mol. The van der Waals surface area contributed by atoms with Crippen LogP contribution in [-0.2, 0) is 10.0 Å². The molecule has 0 saturated carbocycles. The van der Waals surface area contributed by atoms with Crippen LogP contribution in [0.3, 0.4) is 0 Å². The molecule has 0 aromatic heterocycles. The van der Waals surface area contributed by atoms with Gasteiger partial charge in [0, 0.05) is 11.3 Å². The van der Waals surface area contributed by atoms with Crippen molar-refractivity contribution in [2.24, 2.45) is 0 Å². The van der Waals surface area contributed by atoms with E-state index in [1.807, 2.05) is 6.07 Å². The van der Waals surface area contributed by atoms with E-state index in [1.54, 1.807) is 18.2 Å². The Morgan fingerprint density at radius 2 is 1.96 bits per heavy atom. The summed E-state index contributed by atoms with van der Waals surface area (Å²) in [5.41, 5.74) is 0.987. The highest BCUT2D eigenvalue weighted by molar-refractivity contribution is 7.89. The fraction of sp³-hybridized carbons (Fsp3) is 0.125. The first-order valence-electron chi connectivity index (χ1n) is 6.84. The highest BCUT2D eigenvalue weighted by Crippen LogP contribution is 2.25. The smallest absolute Gasteiger partial charge is 0.255 e. The lowest BCUT2D eigenvalue weighted by Crippen LogP contribution is -2.20. The standard InChI is InChI=1S/C16H15N3O4S/c1-18-24(21,22)15-9-12(6-7-14(15)23-2)16(20)19-13-5-3-4-11(8-13)10-17/h3-9,18H,1-2H3,(H,19,20). The predicted octanol–water partition coefficient (Wildman–Crippen LogP) is 1.73. The molecule has 2 N–H and O–H groups in total. The van der Waals surface area contributed by atoms with Crippen LogP contribution in [0.25, 0.3) is 0 Å². The minimum atomic E-state index is -3.78. The maximum absolute atomic E-state index is 12.3. The molecule has 2 aromatic carbocycles. The number of amides is 1. The molecule has 0 spiro atoms. The zero-order chi connectivity index (χ0) is 17.7.